The number of hydrogen-bond donors (Lipinski definition) is 2. The van der Waals surface area contributed by atoms with Crippen molar-refractivity contribution in [2.24, 2.45) is 0 Å². The van der Waals surface area contributed by atoms with Crippen LogP contribution in [0.2, 0.25) is 0 Å². The molecule has 1 aromatic heterocycles. The predicted molar refractivity (Wildman–Crippen MR) is 119 cm³/mol. The van der Waals surface area contributed by atoms with Crippen molar-refractivity contribution in [1.82, 2.24) is 0 Å². The average molecular weight is 418 g/mol. The van der Waals surface area contributed by atoms with Crippen LogP contribution in [0.3, 0.4) is 0 Å². The Balaban J connectivity index is 1.27. The van der Waals surface area contributed by atoms with Gasteiger partial charge in [-0.2, -0.15) is 0 Å². The third kappa shape index (κ3) is 5.75. The van der Waals surface area contributed by atoms with E-state index in [4.69, 9.17) is 9.15 Å². The highest BCUT2D eigenvalue weighted by molar-refractivity contribution is 6.02. The Hall–Kier alpha value is -3.54. The van der Waals surface area contributed by atoms with Gasteiger partial charge in [-0.05, 0) is 66.8 Å². The number of furan rings is 1. The zero-order valence-corrected chi connectivity index (χ0v) is 17.3. The van der Waals surface area contributed by atoms with Crippen molar-refractivity contribution in [1.29, 1.82) is 0 Å². The van der Waals surface area contributed by atoms with E-state index in [9.17, 15) is 9.59 Å². The van der Waals surface area contributed by atoms with Crippen molar-refractivity contribution in [2.75, 3.05) is 17.2 Å². The van der Waals surface area contributed by atoms with Crippen molar-refractivity contribution in [2.45, 2.75) is 38.0 Å². The van der Waals surface area contributed by atoms with Crippen LogP contribution in [0.5, 0.6) is 5.75 Å². The lowest BCUT2D eigenvalue weighted by Crippen LogP contribution is -2.20. The molecule has 1 aliphatic carbocycles. The Morgan fingerprint density at radius 2 is 1.65 bits per heavy atom. The first-order valence-corrected chi connectivity index (χ1v) is 10.6. The van der Waals surface area contributed by atoms with Gasteiger partial charge in [0.1, 0.15) is 5.75 Å². The van der Waals surface area contributed by atoms with Gasteiger partial charge >= 0.3 is 0 Å². The van der Waals surface area contributed by atoms with Gasteiger partial charge < -0.3 is 19.8 Å². The number of rotatable bonds is 7. The Morgan fingerprint density at radius 3 is 2.35 bits per heavy atom. The molecule has 6 heteroatoms. The summed E-state index contributed by atoms with van der Waals surface area (Å²) in [4.78, 5) is 24.4. The molecular formula is C25H26N2O4. The van der Waals surface area contributed by atoms with Gasteiger partial charge in [-0.3, -0.25) is 9.59 Å². The molecule has 2 aromatic carbocycles. The summed E-state index contributed by atoms with van der Waals surface area (Å²) < 4.78 is 10.7. The summed E-state index contributed by atoms with van der Waals surface area (Å²) in [6, 6.07) is 18.2. The number of ether oxygens (including phenoxy) is 1. The van der Waals surface area contributed by atoms with E-state index in [2.05, 4.69) is 22.8 Å². The first kappa shape index (κ1) is 20.7. The normalized spacial score (nSPS) is 14.1. The third-order valence-electron chi connectivity index (χ3n) is 5.48. The van der Waals surface area contributed by atoms with Crippen molar-refractivity contribution in [3.63, 3.8) is 0 Å². The molecule has 2 amide bonds. The molecule has 0 atom stereocenters. The monoisotopic (exact) mass is 418 g/mol. The highest BCUT2D eigenvalue weighted by Gasteiger charge is 2.15. The molecule has 0 bridgehead atoms. The summed E-state index contributed by atoms with van der Waals surface area (Å²) in [5, 5.41) is 5.52. The number of carbonyl (C=O) groups excluding carboxylic acids is 2. The maximum atomic E-state index is 12.3. The maximum Gasteiger partial charge on any atom is 0.291 e. The minimum absolute atomic E-state index is 0.0915. The molecule has 31 heavy (non-hydrogen) atoms. The predicted octanol–water partition coefficient (Wildman–Crippen LogP) is 5.60. The molecule has 0 unspecified atom stereocenters. The Bertz CT molecular complexity index is 1010. The van der Waals surface area contributed by atoms with Crippen LogP contribution in [-0.4, -0.2) is 18.4 Å². The molecule has 3 aromatic rings. The van der Waals surface area contributed by atoms with Gasteiger partial charge in [-0.15, -0.1) is 0 Å². The molecule has 0 saturated heterocycles. The van der Waals surface area contributed by atoms with Crippen molar-refractivity contribution in [3.8, 4) is 5.75 Å². The zero-order valence-electron chi connectivity index (χ0n) is 17.3. The number of anilines is 2. The van der Waals surface area contributed by atoms with E-state index < -0.39 is 0 Å². The first-order valence-electron chi connectivity index (χ1n) is 10.6. The SMILES string of the molecule is O=C(COc1ccc(C2CCCCC2)cc1)Nc1cccc(NC(=O)c2ccco2)c1. The summed E-state index contributed by atoms with van der Waals surface area (Å²) in [5.74, 6) is 0.914. The van der Waals surface area contributed by atoms with Gasteiger partial charge in [0.25, 0.3) is 11.8 Å². The van der Waals surface area contributed by atoms with Crippen LogP contribution in [-0.2, 0) is 4.79 Å². The highest BCUT2D eigenvalue weighted by atomic mass is 16.5. The summed E-state index contributed by atoms with van der Waals surface area (Å²) in [6.45, 7) is -0.0915. The van der Waals surface area contributed by atoms with E-state index in [1.54, 1.807) is 36.4 Å². The van der Waals surface area contributed by atoms with E-state index in [1.807, 2.05) is 12.1 Å². The van der Waals surface area contributed by atoms with Gasteiger partial charge in [0.2, 0.25) is 0 Å². The minimum Gasteiger partial charge on any atom is -0.484 e. The fraction of sp³-hybridized carbons (Fsp3) is 0.280. The average Bonchev–Trinajstić information content (AvgIpc) is 3.34. The fourth-order valence-electron chi connectivity index (χ4n) is 3.89. The van der Waals surface area contributed by atoms with Gasteiger partial charge in [-0.25, -0.2) is 0 Å². The van der Waals surface area contributed by atoms with E-state index >= 15 is 0 Å². The van der Waals surface area contributed by atoms with Crippen LogP contribution < -0.4 is 15.4 Å². The lowest BCUT2D eigenvalue weighted by atomic mass is 9.84. The quantitative estimate of drug-likeness (QED) is 0.524. The molecule has 0 spiro atoms. The van der Waals surface area contributed by atoms with Gasteiger partial charge in [-0.1, -0.05) is 37.5 Å². The molecule has 1 fully saturated rings. The molecule has 6 nitrogen and oxygen atoms in total. The van der Waals surface area contributed by atoms with Gasteiger partial charge in [0, 0.05) is 11.4 Å². The number of hydrogen-bond acceptors (Lipinski definition) is 4. The van der Waals surface area contributed by atoms with E-state index in [-0.39, 0.29) is 24.2 Å². The van der Waals surface area contributed by atoms with Crippen LogP contribution in [0.15, 0.2) is 71.3 Å². The standard InChI is InChI=1S/C25H26N2O4/c28-24(17-31-22-13-11-19(12-14-22)18-6-2-1-3-7-18)26-20-8-4-9-21(16-20)27-25(29)23-10-5-15-30-23/h4-5,8-16,18H,1-3,6-7,17H2,(H,26,28)(H,27,29). The summed E-state index contributed by atoms with van der Waals surface area (Å²) in [5.41, 5.74) is 2.47. The van der Waals surface area contributed by atoms with Crippen molar-refractivity contribution < 1.29 is 18.7 Å². The molecule has 0 radical (unpaired) electrons. The van der Waals surface area contributed by atoms with Crippen LogP contribution in [0, 0.1) is 0 Å². The summed E-state index contributed by atoms with van der Waals surface area (Å²) >= 11 is 0. The molecule has 160 valence electrons. The Labute approximate surface area is 181 Å². The van der Waals surface area contributed by atoms with Crippen molar-refractivity contribution in [3.05, 3.63) is 78.3 Å². The van der Waals surface area contributed by atoms with Crippen LogP contribution >= 0.6 is 0 Å². The molecule has 1 heterocycles. The Morgan fingerprint density at radius 1 is 0.903 bits per heavy atom. The van der Waals surface area contributed by atoms with Crippen LogP contribution in [0.1, 0.15) is 54.1 Å². The third-order valence-corrected chi connectivity index (χ3v) is 5.48. The Kier molecular flexibility index (Phi) is 6.67. The number of nitrogens with one attached hydrogen (secondary N) is 2. The number of amides is 2. The van der Waals surface area contributed by atoms with E-state index in [1.165, 1.54) is 43.9 Å². The fourth-order valence-corrected chi connectivity index (χ4v) is 3.89. The second kappa shape index (κ2) is 9.98. The lowest BCUT2D eigenvalue weighted by molar-refractivity contribution is -0.118. The second-order valence-corrected chi connectivity index (χ2v) is 7.75. The number of benzene rings is 2. The largest absolute Gasteiger partial charge is 0.484 e. The van der Waals surface area contributed by atoms with Gasteiger partial charge in [0.15, 0.2) is 12.4 Å². The van der Waals surface area contributed by atoms with E-state index in [0.29, 0.717) is 23.0 Å². The molecule has 1 aliphatic rings. The summed E-state index contributed by atoms with van der Waals surface area (Å²) in [7, 11) is 0. The molecular weight excluding hydrogens is 392 g/mol. The maximum absolute atomic E-state index is 12.3. The van der Waals surface area contributed by atoms with Gasteiger partial charge in [0.05, 0.1) is 6.26 Å². The minimum atomic E-state index is -0.353. The van der Waals surface area contributed by atoms with Crippen LogP contribution in [0.25, 0.3) is 0 Å². The lowest BCUT2D eigenvalue weighted by Gasteiger charge is -2.22. The molecule has 1 saturated carbocycles. The molecule has 4 rings (SSSR count). The zero-order chi connectivity index (χ0) is 21.5. The second-order valence-electron chi connectivity index (χ2n) is 7.75. The number of carbonyl (C=O) groups is 2. The highest BCUT2D eigenvalue weighted by Crippen LogP contribution is 2.33. The van der Waals surface area contributed by atoms with Crippen molar-refractivity contribution >= 4 is 23.2 Å². The first-order chi connectivity index (χ1) is 15.2. The smallest absolute Gasteiger partial charge is 0.291 e. The molecule has 2 N–H and O–H groups in total. The topological polar surface area (TPSA) is 80.6 Å². The molecule has 0 aliphatic heterocycles. The van der Waals surface area contributed by atoms with E-state index in [0.717, 1.165) is 0 Å². The van der Waals surface area contributed by atoms with Crippen LogP contribution in [0.4, 0.5) is 11.4 Å². The summed E-state index contributed by atoms with van der Waals surface area (Å²) in [6.07, 6.45) is 7.89.